The normalized spacial score (nSPS) is 20.9. The van der Waals surface area contributed by atoms with E-state index >= 15 is 0 Å². The molecule has 1 fully saturated rings. The van der Waals surface area contributed by atoms with Crippen molar-refractivity contribution in [3.63, 3.8) is 0 Å². The third-order valence-electron chi connectivity index (χ3n) is 3.17. The monoisotopic (exact) mass is 271 g/mol. The minimum absolute atomic E-state index is 0.0759. The van der Waals surface area contributed by atoms with Gasteiger partial charge in [-0.1, -0.05) is 15.9 Å². The Kier molecular flexibility index (Phi) is 3.12. The van der Waals surface area contributed by atoms with E-state index in [1.54, 1.807) is 6.92 Å². The highest BCUT2D eigenvalue weighted by atomic mass is 79.9. The number of halogens is 2. The van der Waals surface area contributed by atoms with Crippen molar-refractivity contribution < 1.29 is 4.39 Å². The summed E-state index contributed by atoms with van der Waals surface area (Å²) in [5, 5.41) is 3.40. The van der Waals surface area contributed by atoms with Crippen LogP contribution in [-0.4, -0.2) is 6.54 Å². The van der Waals surface area contributed by atoms with Gasteiger partial charge in [-0.2, -0.15) is 0 Å². The van der Waals surface area contributed by atoms with Gasteiger partial charge in [0.25, 0.3) is 0 Å². The lowest BCUT2D eigenvalue weighted by atomic mass is 9.97. The Labute approximate surface area is 98.2 Å². The Hall–Kier alpha value is -0.410. The summed E-state index contributed by atoms with van der Waals surface area (Å²) in [5.74, 6) is -0.0759. The number of benzene rings is 1. The SMILES string of the molecule is Cc1c(Br)cc(C2CCCN2)c(C)c1F. The molecule has 1 aliphatic rings. The fourth-order valence-electron chi connectivity index (χ4n) is 2.18. The van der Waals surface area contributed by atoms with Crippen LogP contribution in [0, 0.1) is 19.7 Å². The van der Waals surface area contributed by atoms with Crippen LogP contribution in [0.1, 0.15) is 35.6 Å². The van der Waals surface area contributed by atoms with Gasteiger partial charge < -0.3 is 5.32 Å². The number of hydrogen-bond acceptors (Lipinski definition) is 1. The first kappa shape index (κ1) is 11.1. The number of rotatable bonds is 1. The van der Waals surface area contributed by atoms with E-state index in [4.69, 9.17) is 0 Å². The van der Waals surface area contributed by atoms with Gasteiger partial charge in [0, 0.05) is 10.5 Å². The van der Waals surface area contributed by atoms with Crippen molar-refractivity contribution in [1.82, 2.24) is 5.32 Å². The second-order valence-corrected chi connectivity index (χ2v) is 5.01. The van der Waals surface area contributed by atoms with Gasteiger partial charge in [0.15, 0.2) is 0 Å². The summed E-state index contributed by atoms with van der Waals surface area (Å²) < 4.78 is 14.7. The molecule has 2 rings (SSSR count). The topological polar surface area (TPSA) is 12.0 Å². The first-order valence-corrected chi connectivity index (χ1v) is 6.09. The molecule has 1 saturated heterocycles. The van der Waals surface area contributed by atoms with Gasteiger partial charge in [-0.05, 0) is 56.0 Å². The minimum atomic E-state index is -0.0759. The third-order valence-corrected chi connectivity index (χ3v) is 3.99. The fraction of sp³-hybridized carbons (Fsp3) is 0.500. The van der Waals surface area contributed by atoms with Crippen molar-refractivity contribution in [3.8, 4) is 0 Å². The maximum atomic E-state index is 13.8. The van der Waals surface area contributed by atoms with Gasteiger partial charge in [-0.25, -0.2) is 4.39 Å². The molecule has 1 N–H and O–H groups in total. The zero-order chi connectivity index (χ0) is 11.0. The quantitative estimate of drug-likeness (QED) is 0.823. The average molecular weight is 272 g/mol. The van der Waals surface area contributed by atoms with Crippen molar-refractivity contribution in [2.75, 3.05) is 6.54 Å². The largest absolute Gasteiger partial charge is 0.310 e. The van der Waals surface area contributed by atoms with Crippen LogP contribution in [0.15, 0.2) is 10.5 Å². The van der Waals surface area contributed by atoms with Gasteiger partial charge >= 0.3 is 0 Å². The van der Waals surface area contributed by atoms with Crippen LogP contribution in [0.25, 0.3) is 0 Å². The standard InChI is InChI=1S/C12H15BrFN/c1-7-9(11-4-3-5-15-11)6-10(13)8(2)12(7)14/h6,11,15H,3-5H2,1-2H3. The molecule has 0 spiro atoms. The second kappa shape index (κ2) is 4.22. The molecule has 0 radical (unpaired) electrons. The highest BCUT2D eigenvalue weighted by Gasteiger charge is 2.21. The molecule has 1 nitrogen and oxygen atoms in total. The Morgan fingerprint density at radius 3 is 2.73 bits per heavy atom. The van der Waals surface area contributed by atoms with Gasteiger partial charge in [0.05, 0.1) is 0 Å². The number of hydrogen-bond donors (Lipinski definition) is 1. The first-order valence-electron chi connectivity index (χ1n) is 5.29. The number of nitrogens with one attached hydrogen (secondary N) is 1. The Morgan fingerprint density at radius 1 is 1.40 bits per heavy atom. The molecule has 3 heteroatoms. The molecular weight excluding hydrogens is 257 g/mol. The molecule has 0 aliphatic carbocycles. The van der Waals surface area contributed by atoms with Crippen molar-refractivity contribution in [2.24, 2.45) is 0 Å². The lowest BCUT2D eigenvalue weighted by Crippen LogP contribution is -2.15. The molecule has 15 heavy (non-hydrogen) atoms. The summed E-state index contributed by atoms with van der Waals surface area (Å²) in [6, 6.07) is 2.38. The van der Waals surface area contributed by atoms with E-state index in [1.807, 2.05) is 6.92 Å². The van der Waals surface area contributed by atoms with E-state index in [0.29, 0.717) is 11.6 Å². The van der Waals surface area contributed by atoms with E-state index in [-0.39, 0.29) is 5.82 Å². The molecule has 0 amide bonds. The summed E-state index contributed by atoms with van der Waals surface area (Å²) in [7, 11) is 0. The Balaban J connectivity index is 2.47. The fourth-order valence-corrected chi connectivity index (χ4v) is 2.60. The summed E-state index contributed by atoms with van der Waals surface area (Å²) in [5.41, 5.74) is 2.59. The predicted molar refractivity (Wildman–Crippen MR) is 63.6 cm³/mol. The summed E-state index contributed by atoms with van der Waals surface area (Å²) >= 11 is 3.41. The van der Waals surface area contributed by atoms with E-state index in [9.17, 15) is 4.39 Å². The van der Waals surface area contributed by atoms with E-state index in [2.05, 4.69) is 27.3 Å². The highest BCUT2D eigenvalue weighted by Crippen LogP contribution is 2.32. The van der Waals surface area contributed by atoms with Crippen molar-refractivity contribution in [3.05, 3.63) is 33.0 Å². The minimum Gasteiger partial charge on any atom is -0.310 e. The maximum absolute atomic E-state index is 13.8. The van der Waals surface area contributed by atoms with Crippen LogP contribution in [0.2, 0.25) is 0 Å². The van der Waals surface area contributed by atoms with Crippen LogP contribution in [0.5, 0.6) is 0 Å². The molecule has 1 unspecified atom stereocenters. The molecular formula is C12H15BrFN. The lowest BCUT2D eigenvalue weighted by molar-refractivity contribution is 0.586. The van der Waals surface area contributed by atoms with Gasteiger partial charge in [-0.15, -0.1) is 0 Å². The molecule has 0 saturated carbocycles. The van der Waals surface area contributed by atoms with Crippen LogP contribution in [-0.2, 0) is 0 Å². The Bertz CT molecular complexity index is 384. The molecule has 0 aromatic heterocycles. The first-order chi connectivity index (χ1) is 7.11. The zero-order valence-electron chi connectivity index (χ0n) is 9.03. The summed E-state index contributed by atoms with van der Waals surface area (Å²) in [6.07, 6.45) is 2.28. The molecule has 1 aromatic carbocycles. The van der Waals surface area contributed by atoms with Gasteiger partial charge in [0.2, 0.25) is 0 Å². The zero-order valence-corrected chi connectivity index (χ0v) is 10.6. The third kappa shape index (κ3) is 1.95. The van der Waals surface area contributed by atoms with Crippen LogP contribution < -0.4 is 5.32 Å². The van der Waals surface area contributed by atoms with Crippen molar-refractivity contribution in [2.45, 2.75) is 32.7 Å². The molecule has 1 heterocycles. The molecule has 1 aromatic rings. The molecule has 82 valence electrons. The van der Waals surface area contributed by atoms with Crippen LogP contribution >= 0.6 is 15.9 Å². The van der Waals surface area contributed by atoms with E-state index in [0.717, 1.165) is 28.6 Å². The lowest BCUT2D eigenvalue weighted by Gasteiger charge is -2.16. The predicted octanol–water partition coefficient (Wildman–Crippen LogP) is 3.63. The van der Waals surface area contributed by atoms with E-state index < -0.39 is 0 Å². The van der Waals surface area contributed by atoms with Crippen molar-refractivity contribution >= 4 is 15.9 Å². The molecule has 1 aliphatic heterocycles. The van der Waals surface area contributed by atoms with Crippen LogP contribution in [0.4, 0.5) is 4.39 Å². The van der Waals surface area contributed by atoms with Crippen LogP contribution in [0.3, 0.4) is 0 Å². The second-order valence-electron chi connectivity index (χ2n) is 4.16. The highest BCUT2D eigenvalue weighted by molar-refractivity contribution is 9.10. The Morgan fingerprint density at radius 2 is 2.13 bits per heavy atom. The molecule has 0 bridgehead atoms. The van der Waals surface area contributed by atoms with Gasteiger partial charge in [0.1, 0.15) is 5.82 Å². The van der Waals surface area contributed by atoms with Gasteiger partial charge in [-0.3, -0.25) is 0 Å². The average Bonchev–Trinajstić information content (AvgIpc) is 2.73. The smallest absolute Gasteiger partial charge is 0.130 e. The maximum Gasteiger partial charge on any atom is 0.130 e. The summed E-state index contributed by atoms with van der Waals surface area (Å²) in [4.78, 5) is 0. The van der Waals surface area contributed by atoms with E-state index in [1.165, 1.54) is 6.42 Å². The summed E-state index contributed by atoms with van der Waals surface area (Å²) in [6.45, 7) is 4.71. The van der Waals surface area contributed by atoms with Crippen molar-refractivity contribution in [1.29, 1.82) is 0 Å². The molecule has 1 atom stereocenters.